The summed E-state index contributed by atoms with van der Waals surface area (Å²) in [6, 6.07) is 11.6. The molecule has 0 aliphatic carbocycles. The van der Waals surface area contributed by atoms with Crippen molar-refractivity contribution in [3.05, 3.63) is 66.0 Å². The molecular formula is C15H15BrF2MgO2. The molecule has 0 aliphatic heterocycles. The Bertz CT molecular complexity index is 539. The van der Waals surface area contributed by atoms with Crippen LogP contribution in [0.5, 0.6) is 11.5 Å². The number of benzene rings is 2. The molecule has 0 fully saturated rings. The molecule has 0 atom stereocenters. The van der Waals surface area contributed by atoms with E-state index in [-0.39, 0.29) is 36.3 Å². The standard InChI is InChI=1S/C7H6BrFO.C7H6FO.CH3.Mg/c1-10-6-4-2-3-5(9)7(6)8;1-9-7-4-2-3-6(8)5-7;;/h2-4H,1H3;2-4H,1H3;1H3;/q;2*-1;+2. The molecule has 0 saturated heterocycles. The van der Waals surface area contributed by atoms with Crippen molar-refractivity contribution < 1.29 is 18.3 Å². The van der Waals surface area contributed by atoms with Gasteiger partial charge in [0.1, 0.15) is 11.6 Å². The van der Waals surface area contributed by atoms with Gasteiger partial charge in [-0.1, -0.05) is 6.07 Å². The minimum Gasteiger partial charge on any atom is -0.523 e. The maximum atomic E-state index is 12.6. The van der Waals surface area contributed by atoms with Gasteiger partial charge >= 0.3 is 23.1 Å². The van der Waals surface area contributed by atoms with Crippen LogP contribution < -0.4 is 9.47 Å². The quantitative estimate of drug-likeness (QED) is 0.580. The molecule has 6 heteroatoms. The number of ether oxygens (including phenoxy) is 2. The van der Waals surface area contributed by atoms with Gasteiger partial charge in [0.25, 0.3) is 0 Å². The summed E-state index contributed by atoms with van der Waals surface area (Å²) < 4.78 is 34.8. The summed E-state index contributed by atoms with van der Waals surface area (Å²) in [4.78, 5) is 0. The minimum absolute atomic E-state index is 0. The average Bonchev–Trinajstić information content (AvgIpc) is 2.42. The molecule has 0 bridgehead atoms. The van der Waals surface area contributed by atoms with E-state index in [0.717, 1.165) is 0 Å². The van der Waals surface area contributed by atoms with Crippen LogP contribution in [0.15, 0.2) is 40.9 Å². The van der Waals surface area contributed by atoms with Gasteiger partial charge in [-0.3, -0.25) is 0 Å². The summed E-state index contributed by atoms with van der Waals surface area (Å²) in [5.41, 5.74) is 0. The predicted octanol–water partition coefficient (Wildman–Crippen LogP) is 4.30. The summed E-state index contributed by atoms with van der Waals surface area (Å²) in [6.45, 7) is 0. The van der Waals surface area contributed by atoms with Gasteiger partial charge in [-0.05, 0) is 28.1 Å². The molecule has 0 spiro atoms. The zero-order chi connectivity index (χ0) is 14.3. The Morgan fingerprint density at radius 3 is 2.05 bits per heavy atom. The van der Waals surface area contributed by atoms with Crippen molar-refractivity contribution in [3.63, 3.8) is 0 Å². The number of methoxy groups -OCH3 is 2. The average molecular weight is 369 g/mol. The molecule has 2 aromatic carbocycles. The van der Waals surface area contributed by atoms with E-state index in [9.17, 15) is 8.78 Å². The molecule has 0 aromatic heterocycles. The summed E-state index contributed by atoms with van der Waals surface area (Å²) >= 11 is 3.04. The smallest absolute Gasteiger partial charge is 0.523 e. The van der Waals surface area contributed by atoms with Gasteiger partial charge in [0, 0.05) is 11.6 Å². The zero-order valence-electron chi connectivity index (χ0n) is 12.1. The maximum Gasteiger partial charge on any atom is 2.00 e. The summed E-state index contributed by atoms with van der Waals surface area (Å²) in [7, 11) is 2.98. The molecule has 0 unspecified atom stereocenters. The maximum absolute atomic E-state index is 12.6. The molecule has 2 aromatic rings. The molecule has 2 nitrogen and oxygen atoms in total. The van der Waals surface area contributed by atoms with Crippen molar-refractivity contribution in [1.29, 1.82) is 0 Å². The van der Waals surface area contributed by atoms with Crippen molar-refractivity contribution in [2.75, 3.05) is 14.2 Å². The van der Waals surface area contributed by atoms with Crippen molar-refractivity contribution in [2.45, 2.75) is 0 Å². The fourth-order valence-corrected chi connectivity index (χ4v) is 1.61. The van der Waals surface area contributed by atoms with Gasteiger partial charge in [0.15, 0.2) is 0 Å². The second kappa shape index (κ2) is 11.8. The number of hydrogen-bond acceptors (Lipinski definition) is 2. The molecular weight excluding hydrogens is 354 g/mol. The SMILES string of the molecule is COc1[c-]c(F)ccc1.COc1cccc(F)c1Br.[CH3-].[Mg+2]. The van der Waals surface area contributed by atoms with Crippen LogP contribution >= 0.6 is 15.9 Å². The van der Waals surface area contributed by atoms with Crippen molar-refractivity contribution >= 4 is 39.0 Å². The first-order valence-corrected chi connectivity index (χ1v) is 6.07. The van der Waals surface area contributed by atoms with E-state index in [1.807, 2.05) is 0 Å². The van der Waals surface area contributed by atoms with Gasteiger partial charge in [0.05, 0.1) is 18.7 Å². The number of halogens is 3. The predicted molar refractivity (Wildman–Crippen MR) is 84.6 cm³/mol. The molecule has 0 heterocycles. The Hall–Kier alpha value is -0.854. The largest absolute Gasteiger partial charge is 2.00 e. The number of rotatable bonds is 2. The minimum atomic E-state index is -0.394. The first-order chi connectivity index (χ1) is 9.08. The molecule has 0 saturated carbocycles. The normalized spacial score (nSPS) is 8.43. The summed E-state index contributed by atoms with van der Waals surface area (Å²) in [6.07, 6.45) is 0. The third-order valence-electron chi connectivity index (χ3n) is 2.09. The molecule has 110 valence electrons. The molecule has 0 amide bonds. The van der Waals surface area contributed by atoms with E-state index in [4.69, 9.17) is 9.47 Å². The van der Waals surface area contributed by atoms with Crippen LogP contribution in [-0.2, 0) is 0 Å². The van der Waals surface area contributed by atoms with Crippen LogP contribution in [0.3, 0.4) is 0 Å². The summed E-state index contributed by atoms with van der Waals surface area (Å²) in [5.74, 6) is 0.240. The monoisotopic (exact) mass is 368 g/mol. The molecule has 0 aliphatic rings. The van der Waals surface area contributed by atoms with Crippen LogP contribution in [-0.4, -0.2) is 37.3 Å². The topological polar surface area (TPSA) is 18.5 Å². The van der Waals surface area contributed by atoms with Gasteiger partial charge in [0.2, 0.25) is 0 Å². The van der Waals surface area contributed by atoms with Crippen LogP contribution in [0.25, 0.3) is 0 Å². The van der Waals surface area contributed by atoms with Gasteiger partial charge in [-0.15, -0.1) is 18.2 Å². The second-order valence-electron chi connectivity index (χ2n) is 3.32. The van der Waals surface area contributed by atoms with Crippen molar-refractivity contribution in [2.24, 2.45) is 0 Å². The van der Waals surface area contributed by atoms with E-state index in [2.05, 4.69) is 22.0 Å². The van der Waals surface area contributed by atoms with Crippen LogP contribution in [0.1, 0.15) is 0 Å². The van der Waals surface area contributed by atoms with Gasteiger partial charge in [-0.2, -0.15) is 6.07 Å². The third-order valence-corrected chi connectivity index (χ3v) is 2.86. The van der Waals surface area contributed by atoms with E-state index in [1.54, 1.807) is 24.3 Å². The Morgan fingerprint density at radius 1 is 1.00 bits per heavy atom. The first kappa shape index (κ1) is 22.4. The Morgan fingerprint density at radius 2 is 1.62 bits per heavy atom. The van der Waals surface area contributed by atoms with Crippen LogP contribution in [0.4, 0.5) is 8.78 Å². The van der Waals surface area contributed by atoms with Crippen molar-refractivity contribution in [3.8, 4) is 11.5 Å². The fourth-order valence-electron chi connectivity index (χ4n) is 1.18. The van der Waals surface area contributed by atoms with E-state index < -0.39 is 5.82 Å². The van der Waals surface area contributed by atoms with Crippen LogP contribution in [0, 0.1) is 25.1 Å². The molecule has 0 N–H and O–H groups in total. The number of hydrogen-bond donors (Lipinski definition) is 0. The Labute approximate surface area is 148 Å². The van der Waals surface area contributed by atoms with Crippen LogP contribution in [0.2, 0.25) is 0 Å². The molecule has 21 heavy (non-hydrogen) atoms. The van der Waals surface area contributed by atoms with E-state index in [1.165, 1.54) is 26.4 Å². The molecule has 2 rings (SSSR count). The van der Waals surface area contributed by atoms with Crippen molar-refractivity contribution in [1.82, 2.24) is 0 Å². The fraction of sp³-hybridized carbons (Fsp3) is 0.133. The second-order valence-corrected chi connectivity index (χ2v) is 4.12. The van der Waals surface area contributed by atoms with E-state index >= 15 is 0 Å². The van der Waals surface area contributed by atoms with Gasteiger partial charge < -0.3 is 16.9 Å². The molecule has 0 radical (unpaired) electrons. The zero-order valence-corrected chi connectivity index (χ0v) is 15.1. The van der Waals surface area contributed by atoms with Gasteiger partial charge in [-0.25, -0.2) is 8.78 Å². The third kappa shape index (κ3) is 7.64. The Balaban J connectivity index is 0. The van der Waals surface area contributed by atoms with E-state index in [0.29, 0.717) is 16.0 Å². The first-order valence-electron chi connectivity index (χ1n) is 5.28. The Kier molecular flexibility index (Phi) is 12.6. The summed E-state index contributed by atoms with van der Waals surface area (Å²) in [5, 5.41) is 0.